The zero-order valence-electron chi connectivity index (χ0n) is 19.3. The lowest BCUT2D eigenvalue weighted by atomic mass is 9.42. The molecule has 4 rings (SSSR count). The van der Waals surface area contributed by atoms with Crippen LogP contribution in [0.3, 0.4) is 0 Å². The summed E-state index contributed by atoms with van der Waals surface area (Å²) in [5.74, 6) is 1.94. The number of hydrogen-bond donors (Lipinski definition) is 3. The van der Waals surface area contributed by atoms with Crippen molar-refractivity contribution >= 4 is 5.97 Å². The average molecular weight is 419 g/mol. The molecule has 3 N–H and O–H groups in total. The van der Waals surface area contributed by atoms with Crippen LogP contribution in [-0.2, 0) is 4.79 Å². The standard InChI is InChI=1S/C26H42O4/c1-5-17-21-14-16(27)10-12-26(21,4)20-11-13-25(3)18(15(2)6-9-22(28)29)7-8-19(25)23(20)24(17)30/h5,15-16,18-21,23-24,27,30H,6-14H2,1-4H3,(H,28,29)/b17-5+/t15-,16-,18-,19?,20?,21+,23?,24?,25-,26-/m1/s1. The molecule has 0 spiro atoms. The summed E-state index contributed by atoms with van der Waals surface area (Å²) in [4.78, 5) is 11.1. The Morgan fingerprint density at radius 2 is 1.77 bits per heavy atom. The Bertz CT molecular complexity index is 701. The predicted molar refractivity (Wildman–Crippen MR) is 118 cm³/mol. The van der Waals surface area contributed by atoms with Gasteiger partial charge in [0.05, 0.1) is 12.2 Å². The van der Waals surface area contributed by atoms with E-state index in [1.54, 1.807) is 0 Å². The van der Waals surface area contributed by atoms with Gasteiger partial charge in [0.25, 0.3) is 0 Å². The van der Waals surface area contributed by atoms with Gasteiger partial charge in [-0.05, 0) is 110 Å². The van der Waals surface area contributed by atoms with Gasteiger partial charge < -0.3 is 15.3 Å². The topological polar surface area (TPSA) is 77.8 Å². The van der Waals surface area contributed by atoms with Crippen LogP contribution >= 0.6 is 0 Å². The second kappa shape index (κ2) is 7.92. The Balaban J connectivity index is 1.63. The van der Waals surface area contributed by atoms with Crippen molar-refractivity contribution in [3.05, 3.63) is 11.6 Å². The van der Waals surface area contributed by atoms with Crippen molar-refractivity contribution in [3.8, 4) is 0 Å². The molecule has 10 atom stereocenters. The van der Waals surface area contributed by atoms with Crippen molar-refractivity contribution in [1.82, 2.24) is 0 Å². The number of rotatable bonds is 4. The molecule has 0 aromatic heterocycles. The van der Waals surface area contributed by atoms with Crippen LogP contribution in [0.4, 0.5) is 0 Å². The number of hydrogen-bond acceptors (Lipinski definition) is 3. The molecule has 0 amide bonds. The van der Waals surface area contributed by atoms with Crippen LogP contribution in [0.15, 0.2) is 11.6 Å². The summed E-state index contributed by atoms with van der Waals surface area (Å²) in [6, 6.07) is 0. The maximum Gasteiger partial charge on any atom is 0.303 e. The lowest BCUT2D eigenvalue weighted by Gasteiger charge is -2.63. The molecule has 0 heterocycles. The highest BCUT2D eigenvalue weighted by molar-refractivity contribution is 5.66. The average Bonchev–Trinajstić information content (AvgIpc) is 3.05. The molecule has 30 heavy (non-hydrogen) atoms. The first-order valence-corrected chi connectivity index (χ1v) is 12.4. The van der Waals surface area contributed by atoms with Crippen molar-refractivity contribution in [3.63, 3.8) is 0 Å². The van der Waals surface area contributed by atoms with E-state index in [4.69, 9.17) is 5.11 Å². The van der Waals surface area contributed by atoms with Crippen molar-refractivity contribution in [1.29, 1.82) is 0 Å². The number of aliphatic carboxylic acids is 1. The van der Waals surface area contributed by atoms with Crippen LogP contribution in [0.1, 0.15) is 85.5 Å². The summed E-state index contributed by atoms with van der Waals surface area (Å²) in [5.41, 5.74) is 1.57. The van der Waals surface area contributed by atoms with E-state index < -0.39 is 5.97 Å². The first-order chi connectivity index (χ1) is 14.1. The molecule has 0 aromatic carbocycles. The molecular formula is C26H42O4. The fourth-order valence-electron chi connectivity index (χ4n) is 9.00. The zero-order valence-corrected chi connectivity index (χ0v) is 19.3. The molecular weight excluding hydrogens is 376 g/mol. The molecule has 4 fully saturated rings. The smallest absolute Gasteiger partial charge is 0.303 e. The Hall–Kier alpha value is -0.870. The van der Waals surface area contributed by atoms with Gasteiger partial charge in [0.1, 0.15) is 0 Å². The Morgan fingerprint density at radius 1 is 1.10 bits per heavy atom. The lowest BCUT2D eigenvalue weighted by molar-refractivity contribution is -0.147. The van der Waals surface area contributed by atoms with E-state index in [1.807, 2.05) is 0 Å². The quantitative estimate of drug-likeness (QED) is 0.559. The number of fused-ring (bicyclic) bond motifs is 5. The minimum Gasteiger partial charge on any atom is -0.481 e. The van der Waals surface area contributed by atoms with Crippen molar-refractivity contribution < 1.29 is 20.1 Å². The third-order valence-electron chi connectivity index (χ3n) is 10.5. The second-order valence-electron chi connectivity index (χ2n) is 11.6. The molecule has 0 bridgehead atoms. The highest BCUT2D eigenvalue weighted by Crippen LogP contribution is 2.69. The van der Waals surface area contributed by atoms with Gasteiger partial charge in [-0.3, -0.25) is 4.79 Å². The SMILES string of the molecule is C/C=C1/C(O)C2C3CC[C@H]([C@H](C)CCC(=O)O)[C@@]3(C)CCC2[C@@]2(C)CC[C@@H](O)C[C@@H]12. The molecule has 0 aromatic rings. The molecule has 0 saturated heterocycles. The van der Waals surface area contributed by atoms with E-state index in [9.17, 15) is 15.0 Å². The molecule has 4 saturated carbocycles. The normalized spacial score (nSPS) is 50.5. The van der Waals surface area contributed by atoms with Crippen LogP contribution in [0, 0.1) is 46.3 Å². The van der Waals surface area contributed by atoms with Crippen LogP contribution in [-0.4, -0.2) is 33.5 Å². The van der Waals surface area contributed by atoms with Gasteiger partial charge >= 0.3 is 5.97 Å². The van der Waals surface area contributed by atoms with Gasteiger partial charge in [0.15, 0.2) is 0 Å². The van der Waals surface area contributed by atoms with E-state index in [0.717, 1.165) is 38.5 Å². The van der Waals surface area contributed by atoms with Crippen molar-refractivity contribution in [2.45, 2.75) is 97.7 Å². The molecule has 4 heteroatoms. The summed E-state index contributed by atoms with van der Waals surface area (Å²) in [6.45, 7) is 9.21. The van der Waals surface area contributed by atoms with Crippen molar-refractivity contribution in [2.75, 3.05) is 0 Å². The number of carboxylic acid groups (broad SMARTS) is 1. The molecule has 4 nitrogen and oxygen atoms in total. The third kappa shape index (κ3) is 3.28. The van der Waals surface area contributed by atoms with Gasteiger partial charge in [-0.15, -0.1) is 0 Å². The van der Waals surface area contributed by atoms with Gasteiger partial charge in [0.2, 0.25) is 0 Å². The van der Waals surface area contributed by atoms with Crippen LogP contribution in [0.25, 0.3) is 0 Å². The number of allylic oxidation sites excluding steroid dienone is 1. The maximum absolute atomic E-state index is 11.6. The molecule has 0 radical (unpaired) electrons. The number of carboxylic acids is 1. The molecule has 170 valence electrons. The van der Waals surface area contributed by atoms with Crippen molar-refractivity contribution in [2.24, 2.45) is 46.3 Å². The number of carbonyl (C=O) groups is 1. The fourth-order valence-corrected chi connectivity index (χ4v) is 9.00. The summed E-state index contributed by atoms with van der Waals surface area (Å²) in [5, 5.41) is 31.2. The highest BCUT2D eigenvalue weighted by Gasteiger charge is 2.63. The number of aliphatic hydroxyl groups is 2. The van der Waals surface area contributed by atoms with E-state index in [0.29, 0.717) is 35.5 Å². The second-order valence-corrected chi connectivity index (χ2v) is 11.6. The summed E-state index contributed by atoms with van der Waals surface area (Å²) in [7, 11) is 0. The van der Waals surface area contributed by atoms with E-state index in [2.05, 4.69) is 33.8 Å². The fraction of sp³-hybridized carbons (Fsp3) is 0.885. The van der Waals surface area contributed by atoms with Crippen LogP contribution in [0.2, 0.25) is 0 Å². The van der Waals surface area contributed by atoms with E-state index in [1.165, 1.54) is 18.4 Å². The third-order valence-corrected chi connectivity index (χ3v) is 10.5. The van der Waals surface area contributed by atoms with Crippen LogP contribution < -0.4 is 0 Å². The summed E-state index contributed by atoms with van der Waals surface area (Å²) < 4.78 is 0. The minimum atomic E-state index is -0.691. The molecule has 4 aliphatic carbocycles. The van der Waals surface area contributed by atoms with Gasteiger partial charge in [-0.25, -0.2) is 0 Å². The maximum atomic E-state index is 11.6. The Morgan fingerprint density at radius 3 is 2.43 bits per heavy atom. The molecule has 4 unspecified atom stereocenters. The van der Waals surface area contributed by atoms with Crippen LogP contribution in [0.5, 0.6) is 0 Å². The molecule has 4 aliphatic rings. The minimum absolute atomic E-state index is 0.180. The van der Waals surface area contributed by atoms with Gasteiger partial charge in [-0.2, -0.15) is 0 Å². The summed E-state index contributed by atoms with van der Waals surface area (Å²) in [6.07, 6.45) is 9.99. The predicted octanol–water partition coefficient (Wildman–Crippen LogP) is 5.03. The largest absolute Gasteiger partial charge is 0.481 e. The number of aliphatic hydroxyl groups excluding tert-OH is 2. The van der Waals surface area contributed by atoms with E-state index in [-0.39, 0.29) is 29.5 Å². The van der Waals surface area contributed by atoms with E-state index >= 15 is 0 Å². The van der Waals surface area contributed by atoms with Gasteiger partial charge in [0, 0.05) is 6.42 Å². The van der Waals surface area contributed by atoms with Gasteiger partial charge in [-0.1, -0.05) is 26.8 Å². The summed E-state index contributed by atoms with van der Waals surface area (Å²) >= 11 is 0. The Labute approximate surface area is 182 Å². The monoisotopic (exact) mass is 418 g/mol. The first kappa shape index (κ1) is 22.3. The zero-order chi connectivity index (χ0) is 21.8. The lowest BCUT2D eigenvalue weighted by Crippen LogP contribution is -2.59. The first-order valence-electron chi connectivity index (χ1n) is 12.4. The Kier molecular flexibility index (Phi) is 5.89. The molecule has 0 aliphatic heterocycles. The highest BCUT2D eigenvalue weighted by atomic mass is 16.4.